The first-order chi connectivity index (χ1) is 7.18. The van der Waals surface area contributed by atoms with Crippen LogP contribution in [0.2, 0.25) is 5.02 Å². The van der Waals surface area contributed by atoms with Crippen LogP contribution in [0.5, 0.6) is 0 Å². The fourth-order valence-corrected chi connectivity index (χ4v) is 1.24. The normalized spacial score (nSPS) is 9.56. The van der Waals surface area contributed by atoms with Gasteiger partial charge in [0.2, 0.25) is 0 Å². The van der Waals surface area contributed by atoms with Crippen molar-refractivity contribution in [2.75, 3.05) is 0 Å². The van der Waals surface area contributed by atoms with Crippen LogP contribution in [0.25, 0.3) is 5.69 Å². The average molecular weight is 249 g/mol. The summed E-state index contributed by atoms with van der Waals surface area (Å²) in [4.78, 5) is 15.7. The maximum absolute atomic E-state index is 10.9. The van der Waals surface area contributed by atoms with E-state index in [1.54, 1.807) is 0 Å². The summed E-state index contributed by atoms with van der Waals surface area (Å²) in [6.07, 6.45) is 4.14. The zero-order chi connectivity index (χ0) is 10.8. The van der Waals surface area contributed by atoms with Gasteiger partial charge in [0.15, 0.2) is 5.69 Å². The Morgan fingerprint density at radius 1 is 1.38 bits per heavy atom. The van der Waals surface area contributed by atoms with Crippen LogP contribution in [-0.2, 0) is 0 Å². The van der Waals surface area contributed by atoms with E-state index in [2.05, 4.69) is 15.2 Å². The Morgan fingerprint density at radius 3 is 2.56 bits per heavy atom. The third kappa shape index (κ3) is 2.59. The molecule has 0 aromatic carbocycles. The van der Waals surface area contributed by atoms with E-state index < -0.39 is 5.97 Å². The van der Waals surface area contributed by atoms with Crippen molar-refractivity contribution < 1.29 is 9.90 Å². The predicted molar refractivity (Wildman–Crippen MR) is 58.3 cm³/mol. The fraction of sp³-hybridized carbons (Fsp3) is 0. The number of rotatable bonds is 2. The van der Waals surface area contributed by atoms with E-state index in [1.165, 1.54) is 24.7 Å². The summed E-state index contributed by atoms with van der Waals surface area (Å²) in [6.45, 7) is 0. The number of hydrogen-bond acceptors (Lipinski definition) is 4. The van der Waals surface area contributed by atoms with Gasteiger partial charge in [-0.3, -0.25) is 0 Å². The van der Waals surface area contributed by atoms with Crippen molar-refractivity contribution in [1.82, 2.24) is 20.0 Å². The molecular weight excluding hydrogens is 243 g/mol. The summed E-state index contributed by atoms with van der Waals surface area (Å²) in [5.41, 5.74) is 0.0931. The molecule has 0 unspecified atom stereocenters. The minimum absolute atomic E-state index is 0. The summed E-state index contributed by atoms with van der Waals surface area (Å²) in [7, 11) is 0. The molecular formula is C8H6ClN4NaO2. The Hall–Kier alpha value is -0.950. The molecule has 2 heterocycles. The van der Waals surface area contributed by atoms with Crippen molar-refractivity contribution in [1.29, 1.82) is 0 Å². The molecule has 8 heteroatoms. The number of hydrogen-bond donors (Lipinski definition) is 1. The second kappa shape index (κ2) is 5.40. The van der Waals surface area contributed by atoms with Crippen LogP contribution >= 0.6 is 11.6 Å². The Kier molecular flexibility index (Phi) is 4.43. The molecule has 16 heavy (non-hydrogen) atoms. The van der Waals surface area contributed by atoms with Crippen LogP contribution in [0, 0.1) is 0 Å². The van der Waals surface area contributed by atoms with E-state index in [1.807, 2.05) is 0 Å². The second-order valence-corrected chi connectivity index (χ2v) is 3.08. The first kappa shape index (κ1) is 13.1. The molecule has 0 aliphatic rings. The van der Waals surface area contributed by atoms with Gasteiger partial charge in [-0.15, -0.1) is 4.80 Å². The van der Waals surface area contributed by atoms with Crippen LogP contribution in [-0.4, -0.2) is 60.6 Å². The molecule has 0 saturated carbocycles. The number of carboxylic acid groups (broad SMARTS) is 1. The van der Waals surface area contributed by atoms with E-state index in [4.69, 9.17) is 16.7 Å². The molecule has 6 nitrogen and oxygen atoms in total. The molecule has 0 amide bonds. The molecule has 0 radical (unpaired) electrons. The summed E-state index contributed by atoms with van der Waals surface area (Å²) in [6, 6.07) is 1.44. The number of halogens is 1. The molecule has 2 aromatic rings. The summed E-state index contributed by atoms with van der Waals surface area (Å²) in [5.74, 6) is -1.15. The van der Waals surface area contributed by atoms with Gasteiger partial charge in [-0.05, 0) is 6.07 Å². The van der Waals surface area contributed by atoms with Gasteiger partial charge in [0, 0.05) is 6.20 Å². The number of carboxylic acids is 1. The van der Waals surface area contributed by atoms with Crippen molar-refractivity contribution >= 4 is 47.1 Å². The van der Waals surface area contributed by atoms with Gasteiger partial charge in [0.05, 0.1) is 17.4 Å². The zero-order valence-electron chi connectivity index (χ0n) is 7.33. The summed E-state index contributed by atoms with van der Waals surface area (Å²) >= 11 is 5.71. The summed E-state index contributed by atoms with van der Waals surface area (Å²) < 4.78 is 0. The van der Waals surface area contributed by atoms with E-state index in [9.17, 15) is 4.79 Å². The van der Waals surface area contributed by atoms with Gasteiger partial charge < -0.3 is 5.11 Å². The Morgan fingerprint density at radius 2 is 2.00 bits per heavy atom. The van der Waals surface area contributed by atoms with Crippen molar-refractivity contribution in [3.63, 3.8) is 0 Å². The molecule has 0 fully saturated rings. The van der Waals surface area contributed by atoms with Crippen LogP contribution < -0.4 is 0 Å². The molecule has 0 aliphatic heterocycles. The van der Waals surface area contributed by atoms with Crippen molar-refractivity contribution in [3.05, 3.63) is 35.4 Å². The second-order valence-electron chi connectivity index (χ2n) is 2.64. The van der Waals surface area contributed by atoms with E-state index in [0.717, 1.165) is 4.80 Å². The molecule has 2 rings (SSSR count). The summed E-state index contributed by atoms with van der Waals surface area (Å²) in [5, 5.41) is 16.8. The van der Waals surface area contributed by atoms with E-state index >= 15 is 0 Å². The monoisotopic (exact) mass is 248 g/mol. The van der Waals surface area contributed by atoms with E-state index in [-0.39, 0.29) is 40.9 Å². The number of aromatic nitrogens is 4. The van der Waals surface area contributed by atoms with Gasteiger partial charge in [-0.25, -0.2) is 9.78 Å². The molecule has 0 aliphatic carbocycles. The topological polar surface area (TPSA) is 80.9 Å². The van der Waals surface area contributed by atoms with Crippen LogP contribution in [0.4, 0.5) is 0 Å². The minimum atomic E-state index is -1.15. The van der Waals surface area contributed by atoms with Crippen molar-refractivity contribution in [2.24, 2.45) is 0 Å². The Balaban J connectivity index is 0.00000128. The number of nitrogens with zero attached hydrogens (tertiary/aromatic N) is 4. The number of pyridine rings is 1. The van der Waals surface area contributed by atoms with Gasteiger partial charge in [0.25, 0.3) is 0 Å². The molecule has 2 aromatic heterocycles. The molecule has 78 valence electrons. The molecule has 0 spiro atoms. The quantitative estimate of drug-likeness (QED) is 0.777. The van der Waals surface area contributed by atoms with Crippen molar-refractivity contribution in [2.45, 2.75) is 0 Å². The van der Waals surface area contributed by atoms with Gasteiger partial charge in [-0.1, -0.05) is 11.6 Å². The van der Waals surface area contributed by atoms with Crippen LogP contribution in [0.15, 0.2) is 24.7 Å². The number of carbonyl (C=O) groups is 1. The molecule has 0 atom stereocenters. The zero-order valence-corrected chi connectivity index (χ0v) is 8.09. The Labute approximate surface area is 118 Å². The predicted octanol–water partition coefficient (Wildman–Crippen LogP) is 0.365. The average Bonchev–Trinajstić information content (AvgIpc) is 2.69. The SMILES string of the molecule is O=C(O)c1ncc(Cl)cc1-n1nccn1.[NaH]. The fourth-order valence-electron chi connectivity index (χ4n) is 1.09. The standard InChI is InChI=1S/C8H5ClN4O2.Na.H/c9-5-3-6(13-11-1-2-12-13)7(8(14)15)10-4-5;;/h1-4H,(H,14,15);;. The molecule has 0 bridgehead atoms. The van der Waals surface area contributed by atoms with Gasteiger partial charge >= 0.3 is 35.5 Å². The third-order valence-corrected chi connectivity index (χ3v) is 1.88. The molecule has 1 N–H and O–H groups in total. The number of aromatic carboxylic acids is 1. The van der Waals surface area contributed by atoms with Crippen molar-refractivity contribution in [3.8, 4) is 5.69 Å². The first-order valence-corrected chi connectivity index (χ1v) is 4.32. The maximum atomic E-state index is 10.9. The first-order valence-electron chi connectivity index (χ1n) is 3.94. The van der Waals surface area contributed by atoms with Gasteiger partial charge in [0.1, 0.15) is 5.69 Å². The molecule has 0 saturated heterocycles. The van der Waals surface area contributed by atoms with Crippen LogP contribution in [0.3, 0.4) is 0 Å². The van der Waals surface area contributed by atoms with Crippen LogP contribution in [0.1, 0.15) is 10.5 Å². The van der Waals surface area contributed by atoms with Gasteiger partial charge in [-0.2, -0.15) is 10.2 Å². The Bertz CT molecular complexity index is 503. The third-order valence-electron chi connectivity index (χ3n) is 1.67. The van der Waals surface area contributed by atoms with E-state index in [0.29, 0.717) is 5.02 Å².